The van der Waals surface area contributed by atoms with Gasteiger partial charge in [-0.2, -0.15) is 0 Å². The Hall–Kier alpha value is -3.53. The van der Waals surface area contributed by atoms with Crippen LogP contribution in [0.4, 0.5) is 9.52 Å². The lowest BCUT2D eigenvalue weighted by Gasteiger charge is -2.14. The van der Waals surface area contributed by atoms with Crippen LogP contribution in [0, 0.1) is 0 Å². The fourth-order valence-electron chi connectivity index (χ4n) is 2.57. The summed E-state index contributed by atoms with van der Waals surface area (Å²) in [6.45, 7) is 1.83. The van der Waals surface area contributed by atoms with Crippen LogP contribution in [-0.2, 0) is 4.74 Å². The van der Waals surface area contributed by atoms with Gasteiger partial charge in [-0.05, 0) is 30.4 Å². The molecule has 0 saturated carbocycles. The SMILES string of the molecule is C\C=C/C=C(OC)\C(=C\F)c1cc2nccn2cc1C(=O)Nc1nnc(OC)s1. The number of aromatic nitrogens is 4. The zero-order chi connectivity index (χ0) is 20.8. The Morgan fingerprint density at radius 3 is 2.79 bits per heavy atom. The van der Waals surface area contributed by atoms with Crippen LogP contribution in [-0.4, -0.2) is 39.7 Å². The summed E-state index contributed by atoms with van der Waals surface area (Å²) in [4.78, 5) is 17.2. The van der Waals surface area contributed by atoms with Crippen LogP contribution in [0.3, 0.4) is 0 Å². The van der Waals surface area contributed by atoms with Gasteiger partial charge in [0.15, 0.2) is 0 Å². The quantitative estimate of drug-likeness (QED) is 0.465. The number of halogens is 1. The van der Waals surface area contributed by atoms with Crippen LogP contribution in [0.15, 0.2) is 55.0 Å². The van der Waals surface area contributed by atoms with Gasteiger partial charge in [0.2, 0.25) is 5.13 Å². The molecule has 0 unspecified atom stereocenters. The lowest BCUT2D eigenvalue weighted by Crippen LogP contribution is -2.15. The van der Waals surface area contributed by atoms with E-state index in [4.69, 9.17) is 9.47 Å². The fraction of sp³-hybridized carbons (Fsp3) is 0.158. The molecule has 3 heterocycles. The first-order valence-corrected chi connectivity index (χ1v) is 9.26. The molecule has 1 N–H and O–H groups in total. The number of nitrogens with zero attached hydrogens (tertiary/aromatic N) is 4. The Bertz CT molecular complexity index is 1120. The molecule has 0 aliphatic carbocycles. The van der Waals surface area contributed by atoms with Crippen molar-refractivity contribution in [3.05, 3.63) is 66.1 Å². The van der Waals surface area contributed by atoms with Crippen molar-refractivity contribution in [1.82, 2.24) is 19.6 Å². The number of carbonyl (C=O) groups is 1. The summed E-state index contributed by atoms with van der Waals surface area (Å²) < 4.78 is 25.9. The second kappa shape index (κ2) is 9.11. The van der Waals surface area contributed by atoms with Crippen molar-refractivity contribution in [2.45, 2.75) is 6.92 Å². The van der Waals surface area contributed by atoms with Crippen molar-refractivity contribution in [1.29, 1.82) is 0 Å². The van der Waals surface area contributed by atoms with Gasteiger partial charge in [-0.15, -0.1) is 5.10 Å². The molecule has 8 nitrogen and oxygen atoms in total. The molecule has 150 valence electrons. The summed E-state index contributed by atoms with van der Waals surface area (Å²) in [7, 11) is 2.89. The van der Waals surface area contributed by atoms with Crippen LogP contribution in [0.1, 0.15) is 22.8 Å². The van der Waals surface area contributed by atoms with Crippen molar-refractivity contribution in [2.24, 2.45) is 0 Å². The van der Waals surface area contributed by atoms with E-state index in [9.17, 15) is 9.18 Å². The highest BCUT2D eigenvalue weighted by molar-refractivity contribution is 7.17. The van der Waals surface area contributed by atoms with E-state index in [2.05, 4.69) is 20.5 Å². The van der Waals surface area contributed by atoms with E-state index in [-0.39, 0.29) is 22.0 Å². The average Bonchev–Trinajstić information content (AvgIpc) is 3.38. The lowest BCUT2D eigenvalue weighted by molar-refractivity contribution is 0.102. The number of hydrogen-bond donors (Lipinski definition) is 1. The smallest absolute Gasteiger partial charge is 0.295 e. The minimum atomic E-state index is -0.491. The molecular formula is C19H18FN5O3S. The number of imidazole rings is 1. The standard InChI is InChI=1S/C19H18FN5O3S/c1-4-5-6-15(27-2)13(10-20)12-9-16-21-7-8-25(16)11-14(12)17(26)22-18-23-24-19(28-3)29-18/h4-11H,1-3H3,(H,22,23,26)/b5-4-,13-10+,15-6+. The van der Waals surface area contributed by atoms with Gasteiger partial charge >= 0.3 is 0 Å². The zero-order valence-corrected chi connectivity index (χ0v) is 16.7. The highest BCUT2D eigenvalue weighted by atomic mass is 32.1. The number of amides is 1. The number of rotatable bonds is 7. The predicted octanol–water partition coefficient (Wildman–Crippen LogP) is 3.86. The van der Waals surface area contributed by atoms with Crippen molar-refractivity contribution in [2.75, 3.05) is 19.5 Å². The third kappa shape index (κ3) is 4.32. The first kappa shape index (κ1) is 20.2. The van der Waals surface area contributed by atoms with Crippen LogP contribution >= 0.6 is 11.3 Å². The minimum Gasteiger partial charge on any atom is -0.496 e. The van der Waals surface area contributed by atoms with Crippen molar-refractivity contribution in [3.8, 4) is 5.19 Å². The Balaban J connectivity index is 2.09. The summed E-state index contributed by atoms with van der Waals surface area (Å²) in [6, 6.07) is 1.61. The summed E-state index contributed by atoms with van der Waals surface area (Å²) >= 11 is 1.07. The molecule has 0 aliphatic rings. The molecule has 3 aromatic rings. The largest absolute Gasteiger partial charge is 0.496 e. The van der Waals surface area contributed by atoms with Gasteiger partial charge in [0.05, 0.1) is 31.7 Å². The van der Waals surface area contributed by atoms with Crippen LogP contribution in [0.25, 0.3) is 11.2 Å². The Morgan fingerprint density at radius 2 is 2.14 bits per heavy atom. The Labute approximate surface area is 170 Å². The molecule has 10 heteroatoms. The molecule has 1 amide bonds. The fourth-order valence-corrected chi connectivity index (χ4v) is 3.12. The maximum absolute atomic E-state index is 14.0. The van der Waals surface area contributed by atoms with Crippen LogP contribution in [0.2, 0.25) is 0 Å². The maximum atomic E-state index is 14.0. The molecule has 0 fully saturated rings. The molecule has 0 atom stereocenters. The molecule has 0 aliphatic heterocycles. The number of hydrogen-bond acceptors (Lipinski definition) is 7. The molecule has 0 bridgehead atoms. The van der Waals surface area contributed by atoms with E-state index in [1.807, 2.05) is 6.92 Å². The monoisotopic (exact) mass is 415 g/mol. The van der Waals surface area contributed by atoms with E-state index in [0.29, 0.717) is 22.7 Å². The lowest BCUT2D eigenvalue weighted by atomic mass is 10.00. The normalized spacial score (nSPS) is 12.6. The number of nitrogens with one attached hydrogen (secondary N) is 1. The van der Waals surface area contributed by atoms with Crippen LogP contribution in [0.5, 0.6) is 5.19 Å². The van der Waals surface area contributed by atoms with Crippen molar-refractivity contribution >= 4 is 33.6 Å². The topological polar surface area (TPSA) is 90.6 Å². The van der Waals surface area contributed by atoms with Gasteiger partial charge in [-0.1, -0.05) is 17.3 Å². The molecule has 0 aromatic carbocycles. The van der Waals surface area contributed by atoms with Gasteiger partial charge < -0.3 is 13.9 Å². The third-order valence-corrected chi connectivity index (χ3v) is 4.70. The van der Waals surface area contributed by atoms with E-state index >= 15 is 0 Å². The summed E-state index contributed by atoms with van der Waals surface area (Å²) in [6.07, 6.45) is 10.3. The maximum Gasteiger partial charge on any atom is 0.295 e. The number of methoxy groups -OCH3 is 2. The number of pyridine rings is 1. The van der Waals surface area contributed by atoms with Gasteiger partial charge in [-0.3, -0.25) is 10.1 Å². The number of carbonyl (C=O) groups excluding carboxylic acids is 1. The molecule has 0 radical (unpaired) electrons. The van der Waals surface area contributed by atoms with E-state index in [0.717, 1.165) is 11.3 Å². The second-order valence-electron chi connectivity index (χ2n) is 5.61. The highest BCUT2D eigenvalue weighted by Gasteiger charge is 2.21. The second-order valence-corrected chi connectivity index (χ2v) is 6.55. The van der Waals surface area contributed by atoms with Gasteiger partial charge in [-0.25, -0.2) is 9.37 Å². The van der Waals surface area contributed by atoms with E-state index in [1.165, 1.54) is 14.2 Å². The van der Waals surface area contributed by atoms with E-state index < -0.39 is 5.91 Å². The number of anilines is 1. The molecule has 29 heavy (non-hydrogen) atoms. The number of fused-ring (bicyclic) bond motifs is 1. The van der Waals surface area contributed by atoms with Gasteiger partial charge in [0.1, 0.15) is 11.4 Å². The number of allylic oxidation sites excluding steroid dienone is 4. The van der Waals surface area contributed by atoms with Crippen molar-refractivity contribution in [3.63, 3.8) is 0 Å². The molecule has 0 spiro atoms. The van der Waals surface area contributed by atoms with Crippen molar-refractivity contribution < 1.29 is 18.7 Å². The minimum absolute atomic E-state index is 0.107. The number of ether oxygens (including phenoxy) is 2. The van der Waals surface area contributed by atoms with Gasteiger partial charge in [0.25, 0.3) is 11.1 Å². The summed E-state index contributed by atoms with van der Waals surface area (Å²) in [5.41, 5.74) is 1.18. The Morgan fingerprint density at radius 1 is 1.31 bits per heavy atom. The summed E-state index contributed by atoms with van der Waals surface area (Å²) in [5.74, 6) is -0.233. The third-order valence-electron chi connectivity index (χ3n) is 3.90. The van der Waals surface area contributed by atoms with E-state index in [1.54, 1.807) is 47.3 Å². The molecule has 0 saturated heterocycles. The highest BCUT2D eigenvalue weighted by Crippen LogP contribution is 2.30. The van der Waals surface area contributed by atoms with Gasteiger partial charge in [0, 0.05) is 24.2 Å². The van der Waals surface area contributed by atoms with Crippen LogP contribution < -0.4 is 10.1 Å². The molecule has 3 rings (SSSR count). The first-order chi connectivity index (χ1) is 14.1. The molecule has 3 aromatic heterocycles. The predicted molar refractivity (Wildman–Crippen MR) is 109 cm³/mol. The average molecular weight is 415 g/mol. The zero-order valence-electron chi connectivity index (χ0n) is 15.9. The Kier molecular flexibility index (Phi) is 6.35. The summed E-state index contributed by atoms with van der Waals surface area (Å²) in [5, 5.41) is 10.9. The molecular weight excluding hydrogens is 397 g/mol. The first-order valence-electron chi connectivity index (χ1n) is 8.45.